The van der Waals surface area contributed by atoms with E-state index in [9.17, 15) is 14.0 Å². The van der Waals surface area contributed by atoms with Gasteiger partial charge in [0, 0.05) is 5.69 Å². The van der Waals surface area contributed by atoms with Gasteiger partial charge in [-0.1, -0.05) is 51.1 Å². The quantitative estimate of drug-likeness (QED) is 0.494. The highest BCUT2D eigenvalue weighted by atomic mass is 19.1. The van der Waals surface area contributed by atoms with Gasteiger partial charge in [0.2, 0.25) is 0 Å². The van der Waals surface area contributed by atoms with E-state index in [-0.39, 0.29) is 16.7 Å². The van der Waals surface area contributed by atoms with Crippen LogP contribution in [0.4, 0.5) is 15.8 Å². The Balaban J connectivity index is 1.78. The maximum atomic E-state index is 13.6. The number of nitrogens with zero attached hydrogens (tertiary/aromatic N) is 1. The van der Waals surface area contributed by atoms with E-state index < -0.39 is 17.6 Å². The second kappa shape index (κ2) is 8.32. The Hall–Kier alpha value is -3.73. The molecule has 5 heteroatoms. The first-order valence-electron chi connectivity index (χ1n) is 10.9. The van der Waals surface area contributed by atoms with E-state index in [1.165, 1.54) is 29.2 Å². The molecule has 0 spiro atoms. The smallest absolute Gasteiger partial charge is 0.282 e. The molecule has 1 heterocycles. The molecule has 168 valence electrons. The third-order valence-corrected chi connectivity index (χ3v) is 5.99. The van der Waals surface area contributed by atoms with Crippen molar-refractivity contribution in [3.63, 3.8) is 0 Å². The minimum Gasteiger partial charge on any atom is -0.350 e. The molecule has 1 aliphatic rings. The summed E-state index contributed by atoms with van der Waals surface area (Å²) in [5.41, 5.74) is 5.29. The van der Waals surface area contributed by atoms with E-state index in [1.54, 1.807) is 6.07 Å². The van der Waals surface area contributed by atoms with Crippen molar-refractivity contribution in [1.29, 1.82) is 0 Å². The molecule has 1 aliphatic heterocycles. The van der Waals surface area contributed by atoms with E-state index in [2.05, 4.69) is 26.1 Å². The molecular weight excluding hydrogens is 415 g/mol. The van der Waals surface area contributed by atoms with Gasteiger partial charge in [-0.15, -0.1) is 0 Å². The van der Waals surface area contributed by atoms with Crippen LogP contribution in [0.5, 0.6) is 0 Å². The molecule has 3 aromatic carbocycles. The fourth-order valence-electron chi connectivity index (χ4n) is 3.83. The summed E-state index contributed by atoms with van der Waals surface area (Å²) in [5, 5.41) is 3.16. The van der Waals surface area contributed by atoms with Gasteiger partial charge in [-0.2, -0.15) is 0 Å². The molecule has 0 aromatic heterocycles. The van der Waals surface area contributed by atoms with E-state index >= 15 is 0 Å². The van der Waals surface area contributed by atoms with E-state index in [0.29, 0.717) is 16.9 Å². The first kappa shape index (κ1) is 22.5. The number of carbonyl (C=O) groups excluding carboxylic acids is 2. The van der Waals surface area contributed by atoms with Crippen molar-refractivity contribution in [2.45, 2.75) is 40.0 Å². The summed E-state index contributed by atoms with van der Waals surface area (Å²) >= 11 is 0. The zero-order valence-corrected chi connectivity index (χ0v) is 19.5. The van der Waals surface area contributed by atoms with Crippen molar-refractivity contribution in [1.82, 2.24) is 0 Å². The summed E-state index contributed by atoms with van der Waals surface area (Å²) < 4.78 is 13.6. The van der Waals surface area contributed by atoms with Crippen LogP contribution in [0.25, 0.3) is 5.57 Å². The summed E-state index contributed by atoms with van der Waals surface area (Å²) in [5.74, 6) is -1.29. The molecule has 0 unspecified atom stereocenters. The summed E-state index contributed by atoms with van der Waals surface area (Å²) in [6, 6.07) is 18.9. The number of nitrogens with one attached hydrogen (secondary N) is 1. The van der Waals surface area contributed by atoms with Crippen LogP contribution in [0, 0.1) is 19.7 Å². The molecule has 0 aliphatic carbocycles. The number of benzene rings is 3. The van der Waals surface area contributed by atoms with Gasteiger partial charge in [0.15, 0.2) is 0 Å². The SMILES string of the molecule is Cc1ccc(N2C(=O)C(Nc3ccc(C(C)(C)C)cc3)=C(c3ccc(F)cc3)C2=O)cc1C. The molecule has 4 rings (SSSR count). The maximum Gasteiger partial charge on any atom is 0.282 e. The summed E-state index contributed by atoms with van der Waals surface area (Å²) in [4.78, 5) is 28.2. The minimum absolute atomic E-state index is 0.00366. The molecule has 33 heavy (non-hydrogen) atoms. The van der Waals surface area contributed by atoms with Crippen LogP contribution >= 0.6 is 0 Å². The lowest BCUT2D eigenvalue weighted by Crippen LogP contribution is -2.32. The first-order valence-corrected chi connectivity index (χ1v) is 10.9. The van der Waals surface area contributed by atoms with Crippen molar-refractivity contribution in [2.24, 2.45) is 0 Å². The lowest BCUT2D eigenvalue weighted by Gasteiger charge is -2.19. The topological polar surface area (TPSA) is 49.4 Å². The van der Waals surface area contributed by atoms with Gasteiger partial charge in [0.25, 0.3) is 11.8 Å². The number of hydrogen-bond donors (Lipinski definition) is 1. The molecule has 1 N–H and O–H groups in total. The predicted molar refractivity (Wildman–Crippen MR) is 130 cm³/mol. The van der Waals surface area contributed by atoms with Gasteiger partial charge >= 0.3 is 0 Å². The van der Waals surface area contributed by atoms with Crippen LogP contribution in [0.2, 0.25) is 0 Å². The van der Waals surface area contributed by atoms with Crippen LogP contribution in [-0.4, -0.2) is 11.8 Å². The molecular formula is C28H27FN2O2. The lowest BCUT2D eigenvalue weighted by atomic mass is 9.87. The van der Waals surface area contributed by atoms with Gasteiger partial charge in [0.05, 0.1) is 11.3 Å². The van der Waals surface area contributed by atoms with Crippen LogP contribution in [-0.2, 0) is 15.0 Å². The molecule has 0 saturated heterocycles. The van der Waals surface area contributed by atoms with E-state index in [1.807, 2.05) is 50.2 Å². The van der Waals surface area contributed by atoms with Gasteiger partial charge in [-0.3, -0.25) is 9.59 Å². The van der Waals surface area contributed by atoms with Gasteiger partial charge in [-0.25, -0.2) is 9.29 Å². The monoisotopic (exact) mass is 442 g/mol. The minimum atomic E-state index is -0.442. The number of carbonyl (C=O) groups is 2. The van der Waals surface area contributed by atoms with Crippen molar-refractivity contribution < 1.29 is 14.0 Å². The Kier molecular flexibility index (Phi) is 5.66. The maximum absolute atomic E-state index is 13.6. The van der Waals surface area contributed by atoms with Gasteiger partial charge in [-0.05, 0) is 77.9 Å². The number of halogens is 1. The largest absolute Gasteiger partial charge is 0.350 e. The fourth-order valence-corrected chi connectivity index (χ4v) is 3.83. The first-order chi connectivity index (χ1) is 15.6. The Morgan fingerprint density at radius 2 is 1.42 bits per heavy atom. The van der Waals surface area contributed by atoms with Crippen LogP contribution in [0.3, 0.4) is 0 Å². The Bertz CT molecular complexity index is 1270. The van der Waals surface area contributed by atoms with Crippen LogP contribution in [0.1, 0.15) is 43.0 Å². The molecule has 0 atom stereocenters. The number of imide groups is 1. The second-order valence-electron chi connectivity index (χ2n) is 9.42. The number of amides is 2. The number of aryl methyl sites for hydroxylation is 2. The zero-order chi connectivity index (χ0) is 23.9. The van der Waals surface area contributed by atoms with Crippen LogP contribution in [0.15, 0.2) is 72.4 Å². The molecule has 0 saturated carbocycles. The molecule has 4 nitrogen and oxygen atoms in total. The molecule has 0 radical (unpaired) electrons. The molecule has 0 fully saturated rings. The predicted octanol–water partition coefficient (Wildman–Crippen LogP) is 6.14. The number of hydrogen-bond acceptors (Lipinski definition) is 3. The average Bonchev–Trinajstić information content (AvgIpc) is 3.00. The number of anilines is 2. The summed E-state index contributed by atoms with van der Waals surface area (Å²) in [6.45, 7) is 10.3. The standard InChI is InChI=1S/C28H27FN2O2/c1-17-6-15-23(16-18(17)2)31-26(32)24(19-7-11-21(29)12-8-19)25(27(31)33)30-22-13-9-20(10-14-22)28(3,4)5/h6-16,30H,1-5H3. The van der Waals surface area contributed by atoms with Gasteiger partial charge in [0.1, 0.15) is 11.5 Å². The van der Waals surface area contributed by atoms with E-state index in [4.69, 9.17) is 0 Å². The highest BCUT2D eigenvalue weighted by Crippen LogP contribution is 2.35. The van der Waals surface area contributed by atoms with Crippen molar-refractivity contribution in [3.05, 3.63) is 100 Å². The normalized spacial score (nSPS) is 14.3. The third kappa shape index (κ3) is 4.31. The molecule has 0 bridgehead atoms. The van der Waals surface area contributed by atoms with E-state index in [0.717, 1.165) is 16.7 Å². The molecule has 2 amide bonds. The fraction of sp³-hybridized carbons (Fsp3) is 0.214. The van der Waals surface area contributed by atoms with Crippen molar-refractivity contribution in [3.8, 4) is 0 Å². The lowest BCUT2D eigenvalue weighted by molar-refractivity contribution is -0.120. The summed E-state index contributed by atoms with van der Waals surface area (Å²) in [7, 11) is 0. The third-order valence-electron chi connectivity index (χ3n) is 5.99. The van der Waals surface area contributed by atoms with Crippen molar-refractivity contribution in [2.75, 3.05) is 10.2 Å². The average molecular weight is 443 g/mol. The Morgan fingerprint density at radius 1 is 0.788 bits per heavy atom. The zero-order valence-electron chi connectivity index (χ0n) is 19.5. The van der Waals surface area contributed by atoms with Gasteiger partial charge < -0.3 is 5.32 Å². The Morgan fingerprint density at radius 3 is 2.00 bits per heavy atom. The highest BCUT2D eigenvalue weighted by molar-refractivity contribution is 6.46. The van der Waals surface area contributed by atoms with Crippen LogP contribution < -0.4 is 10.2 Å². The highest BCUT2D eigenvalue weighted by Gasteiger charge is 2.40. The second-order valence-corrected chi connectivity index (χ2v) is 9.42. The molecule has 3 aromatic rings. The Labute approximate surface area is 193 Å². The summed E-state index contributed by atoms with van der Waals surface area (Å²) in [6.07, 6.45) is 0. The van der Waals surface area contributed by atoms with Crippen molar-refractivity contribution >= 4 is 28.8 Å². The number of rotatable bonds is 4.